The van der Waals surface area contributed by atoms with Gasteiger partial charge in [-0.15, -0.1) is 0 Å². The molecular weight excluding hydrogens is 551 g/mol. The molecule has 0 saturated heterocycles. The minimum atomic E-state index is -1.32. The van der Waals surface area contributed by atoms with Crippen LogP contribution in [0.25, 0.3) is 11.1 Å². The van der Waals surface area contributed by atoms with Crippen molar-refractivity contribution in [3.05, 3.63) is 75.6 Å². The van der Waals surface area contributed by atoms with Gasteiger partial charge >= 0.3 is 5.97 Å². The smallest absolute Gasteiger partial charge is 0.337 e. The molecule has 2 N–H and O–H groups in total. The summed E-state index contributed by atoms with van der Waals surface area (Å²) in [5.74, 6) is -1.83. The predicted octanol–water partition coefficient (Wildman–Crippen LogP) is 6.54. The molecule has 1 atom stereocenters. The molecule has 0 bridgehead atoms. The van der Waals surface area contributed by atoms with E-state index in [1.165, 1.54) is 13.0 Å². The summed E-state index contributed by atoms with van der Waals surface area (Å²) in [4.78, 5) is 39.6. The Hall–Kier alpha value is -4.24. The van der Waals surface area contributed by atoms with Crippen molar-refractivity contribution < 1.29 is 33.4 Å². The summed E-state index contributed by atoms with van der Waals surface area (Å²) in [6.07, 6.45) is 0.532. The van der Waals surface area contributed by atoms with Crippen LogP contribution < -0.4 is 15.0 Å². The number of amides is 2. The number of carbonyl (C=O) groups excluding carboxylic acids is 2. The van der Waals surface area contributed by atoms with E-state index in [0.29, 0.717) is 65.2 Å². The first-order chi connectivity index (χ1) is 20.3. The van der Waals surface area contributed by atoms with Gasteiger partial charge in [-0.1, -0.05) is 0 Å². The number of carbonyl (C=O) groups is 3. The maximum absolute atomic E-state index is 15.6. The molecule has 3 aromatic rings. The summed E-state index contributed by atoms with van der Waals surface area (Å²) in [6.45, 7) is 11.3. The van der Waals surface area contributed by atoms with Crippen molar-refractivity contribution >= 4 is 29.2 Å². The number of hydrogen-bond acceptors (Lipinski definition) is 5. The maximum Gasteiger partial charge on any atom is 0.337 e. The molecule has 0 unspecified atom stereocenters. The average Bonchev–Trinajstić information content (AvgIpc) is 3.35. The number of halogens is 1. The van der Waals surface area contributed by atoms with E-state index in [2.05, 4.69) is 5.32 Å². The highest BCUT2D eigenvalue weighted by Crippen LogP contribution is 2.47. The van der Waals surface area contributed by atoms with Crippen molar-refractivity contribution in [1.82, 2.24) is 0 Å². The van der Waals surface area contributed by atoms with E-state index in [-0.39, 0.29) is 17.6 Å². The molecule has 0 radical (unpaired) electrons. The van der Waals surface area contributed by atoms with E-state index in [4.69, 9.17) is 9.47 Å². The molecule has 3 aromatic carbocycles. The maximum atomic E-state index is 15.6. The minimum Gasteiger partial charge on any atom is -0.490 e. The number of nitrogens with one attached hydrogen (secondary N) is 1. The first-order valence-corrected chi connectivity index (χ1v) is 14.5. The number of nitrogens with zero attached hydrogens (tertiary/aromatic N) is 1. The van der Waals surface area contributed by atoms with Gasteiger partial charge < -0.3 is 24.8 Å². The fourth-order valence-electron chi connectivity index (χ4n) is 6.11. The Morgan fingerprint density at radius 3 is 2.40 bits per heavy atom. The van der Waals surface area contributed by atoms with Gasteiger partial charge in [0.25, 0.3) is 5.91 Å². The molecule has 0 aromatic heterocycles. The molecule has 5 rings (SSSR count). The molecule has 2 amide bonds. The number of anilines is 2. The van der Waals surface area contributed by atoms with Gasteiger partial charge in [-0.3, -0.25) is 9.59 Å². The molecule has 43 heavy (non-hydrogen) atoms. The zero-order valence-electron chi connectivity index (χ0n) is 25.4. The van der Waals surface area contributed by atoms with Gasteiger partial charge in [-0.25, -0.2) is 9.18 Å². The van der Waals surface area contributed by atoms with Gasteiger partial charge in [-0.2, -0.15) is 0 Å². The lowest BCUT2D eigenvalue weighted by molar-refractivity contribution is -0.160. The summed E-state index contributed by atoms with van der Waals surface area (Å²) < 4.78 is 27.4. The van der Waals surface area contributed by atoms with Crippen LogP contribution in [0.2, 0.25) is 0 Å². The molecule has 8 nitrogen and oxygen atoms in total. The summed E-state index contributed by atoms with van der Waals surface area (Å²) in [5, 5.41) is 13.1. The number of carboxylic acids is 1. The second-order valence-electron chi connectivity index (χ2n) is 12.2. The zero-order valence-corrected chi connectivity index (χ0v) is 25.4. The Balaban J connectivity index is 1.70. The van der Waals surface area contributed by atoms with Crippen LogP contribution in [0.4, 0.5) is 15.8 Å². The largest absolute Gasteiger partial charge is 0.490 e. The van der Waals surface area contributed by atoms with Gasteiger partial charge in [0.15, 0.2) is 17.7 Å². The SMILES string of the molecule is CC(=O)Nc1ccc(C(=O)N2CCc3c2cc(C)c([C@H](OC(C)(C)C)C(=O)O)c3-c2cc(F)c3c(c2C)CCCO3)cc1. The van der Waals surface area contributed by atoms with E-state index in [0.717, 1.165) is 23.1 Å². The van der Waals surface area contributed by atoms with Gasteiger partial charge in [0.05, 0.1) is 12.2 Å². The van der Waals surface area contributed by atoms with Crippen molar-refractivity contribution in [3.8, 4) is 16.9 Å². The summed E-state index contributed by atoms with van der Waals surface area (Å²) in [5.41, 5.74) is 5.52. The first kappa shape index (κ1) is 30.2. The van der Waals surface area contributed by atoms with Crippen LogP contribution >= 0.6 is 0 Å². The van der Waals surface area contributed by atoms with E-state index >= 15 is 4.39 Å². The number of aryl methyl sites for hydroxylation is 1. The highest BCUT2D eigenvalue weighted by atomic mass is 19.1. The fraction of sp³-hybridized carbons (Fsp3) is 0.382. The number of carboxylic acid groups (broad SMARTS) is 1. The predicted molar refractivity (Wildman–Crippen MR) is 162 cm³/mol. The Morgan fingerprint density at radius 1 is 1.07 bits per heavy atom. The van der Waals surface area contributed by atoms with E-state index in [9.17, 15) is 19.5 Å². The molecule has 0 saturated carbocycles. The Bertz CT molecular complexity index is 1620. The fourth-order valence-corrected chi connectivity index (χ4v) is 6.11. The van der Waals surface area contributed by atoms with Crippen molar-refractivity contribution in [3.63, 3.8) is 0 Å². The topological polar surface area (TPSA) is 105 Å². The number of ether oxygens (including phenoxy) is 2. The molecule has 2 heterocycles. The van der Waals surface area contributed by atoms with Crippen LogP contribution in [-0.4, -0.2) is 41.6 Å². The van der Waals surface area contributed by atoms with Crippen molar-refractivity contribution in [1.29, 1.82) is 0 Å². The Labute approximate surface area is 250 Å². The third-order valence-corrected chi connectivity index (χ3v) is 7.90. The summed E-state index contributed by atoms with van der Waals surface area (Å²) in [7, 11) is 0. The van der Waals surface area contributed by atoms with Crippen LogP contribution in [0.5, 0.6) is 5.75 Å². The number of aliphatic carboxylic acids is 1. The lowest BCUT2D eigenvalue weighted by Crippen LogP contribution is -2.29. The summed E-state index contributed by atoms with van der Waals surface area (Å²) in [6, 6.07) is 9.93. The lowest BCUT2D eigenvalue weighted by atomic mass is 9.83. The van der Waals surface area contributed by atoms with Crippen LogP contribution in [0.15, 0.2) is 36.4 Å². The van der Waals surface area contributed by atoms with E-state index in [1.807, 2.05) is 13.0 Å². The lowest BCUT2D eigenvalue weighted by Gasteiger charge is -2.30. The van der Waals surface area contributed by atoms with E-state index in [1.54, 1.807) is 56.9 Å². The van der Waals surface area contributed by atoms with Crippen molar-refractivity contribution in [2.45, 2.75) is 72.5 Å². The molecule has 2 aliphatic heterocycles. The molecule has 0 aliphatic carbocycles. The molecule has 2 aliphatic rings. The highest BCUT2D eigenvalue weighted by Gasteiger charge is 2.37. The zero-order chi connectivity index (χ0) is 31.2. The van der Waals surface area contributed by atoms with Crippen LogP contribution in [-0.2, 0) is 27.2 Å². The van der Waals surface area contributed by atoms with E-state index < -0.39 is 23.5 Å². The average molecular weight is 589 g/mol. The molecule has 0 spiro atoms. The normalized spacial score (nSPS) is 14.9. The summed E-state index contributed by atoms with van der Waals surface area (Å²) >= 11 is 0. The van der Waals surface area contributed by atoms with Crippen LogP contribution in [0.1, 0.15) is 78.4 Å². The number of benzene rings is 3. The monoisotopic (exact) mass is 588 g/mol. The Kier molecular flexibility index (Phi) is 8.05. The van der Waals surface area contributed by atoms with Crippen LogP contribution in [0.3, 0.4) is 0 Å². The number of rotatable bonds is 6. The third-order valence-electron chi connectivity index (χ3n) is 7.90. The number of fused-ring (bicyclic) bond motifs is 2. The first-order valence-electron chi connectivity index (χ1n) is 14.5. The second kappa shape index (κ2) is 11.4. The molecular formula is C34H37FN2O6. The molecule has 226 valence electrons. The van der Waals surface area contributed by atoms with Gasteiger partial charge in [0, 0.05) is 41.5 Å². The molecule has 0 fully saturated rings. The van der Waals surface area contributed by atoms with Gasteiger partial charge in [-0.05, 0) is 118 Å². The number of hydrogen-bond donors (Lipinski definition) is 2. The van der Waals surface area contributed by atoms with Gasteiger partial charge in [0.2, 0.25) is 5.91 Å². The second-order valence-corrected chi connectivity index (χ2v) is 12.2. The van der Waals surface area contributed by atoms with Crippen molar-refractivity contribution in [2.24, 2.45) is 0 Å². The highest BCUT2D eigenvalue weighted by molar-refractivity contribution is 6.08. The quantitative estimate of drug-likeness (QED) is 0.339. The van der Waals surface area contributed by atoms with Crippen LogP contribution in [0, 0.1) is 19.7 Å². The standard InChI is InChI=1S/C34H37FN2O6/c1-18-16-27-24(13-14-37(27)32(39)21-9-11-22(12-10-21)36-20(3)38)29(28(18)31(33(40)41)43-34(4,5)6)25-17-26(35)30-23(19(25)2)8-7-15-42-30/h9-12,16-17,31H,7-8,13-15H2,1-6H3,(H,36,38)(H,40,41)/t31-/m0/s1. The molecule has 9 heteroatoms. The van der Waals surface area contributed by atoms with Gasteiger partial charge in [0.1, 0.15) is 0 Å². The van der Waals surface area contributed by atoms with Crippen molar-refractivity contribution in [2.75, 3.05) is 23.4 Å². The minimum absolute atomic E-state index is 0.207. The third kappa shape index (κ3) is 5.86. The Morgan fingerprint density at radius 2 is 1.77 bits per heavy atom.